The van der Waals surface area contributed by atoms with Crippen molar-refractivity contribution in [3.05, 3.63) is 23.8 Å². The maximum Gasteiger partial charge on any atom is 0.251 e. The summed E-state index contributed by atoms with van der Waals surface area (Å²) in [4.78, 5) is 11.3. The third kappa shape index (κ3) is 2.63. The number of amides is 1. The first-order valence-electron chi connectivity index (χ1n) is 4.15. The molecule has 0 saturated heterocycles. The molecule has 0 bridgehead atoms. The molecule has 0 aliphatic carbocycles. The highest BCUT2D eigenvalue weighted by atomic mass is 16.3. The van der Waals surface area contributed by atoms with Crippen LogP contribution in [0.5, 0.6) is 11.5 Å². The number of benzene rings is 1. The first-order valence-corrected chi connectivity index (χ1v) is 4.15. The van der Waals surface area contributed by atoms with Crippen LogP contribution in [0.15, 0.2) is 18.2 Å². The van der Waals surface area contributed by atoms with Gasteiger partial charge in [-0.05, 0) is 12.1 Å². The van der Waals surface area contributed by atoms with Crippen molar-refractivity contribution < 1.29 is 15.0 Å². The van der Waals surface area contributed by atoms with E-state index in [1.807, 2.05) is 0 Å². The standard InChI is InChI=1S/C9H12N2O3/c10-1-2-11-9(14)6-3-7(12)5-8(13)4-6/h3-5,12-13H,1-2,10H2,(H,11,14). The summed E-state index contributed by atoms with van der Waals surface area (Å²) in [5.74, 6) is -0.674. The Balaban J connectivity index is 2.79. The molecule has 0 radical (unpaired) electrons. The summed E-state index contributed by atoms with van der Waals surface area (Å²) in [6.07, 6.45) is 0. The smallest absolute Gasteiger partial charge is 0.251 e. The highest BCUT2D eigenvalue weighted by molar-refractivity contribution is 5.95. The lowest BCUT2D eigenvalue weighted by Gasteiger charge is -2.04. The number of phenolic OH excluding ortho intramolecular Hbond substituents is 2. The number of carbonyl (C=O) groups excluding carboxylic acids is 1. The van der Waals surface area contributed by atoms with Crippen molar-refractivity contribution in [2.75, 3.05) is 13.1 Å². The molecule has 0 aliphatic rings. The Bertz CT molecular complexity index is 319. The zero-order chi connectivity index (χ0) is 10.6. The van der Waals surface area contributed by atoms with E-state index >= 15 is 0 Å². The molecule has 1 amide bonds. The van der Waals surface area contributed by atoms with E-state index in [9.17, 15) is 4.79 Å². The molecular weight excluding hydrogens is 184 g/mol. The molecule has 5 heteroatoms. The number of nitrogens with one attached hydrogen (secondary N) is 1. The van der Waals surface area contributed by atoms with E-state index in [4.69, 9.17) is 15.9 Å². The van der Waals surface area contributed by atoms with Gasteiger partial charge in [0, 0.05) is 24.7 Å². The van der Waals surface area contributed by atoms with Gasteiger partial charge < -0.3 is 21.3 Å². The van der Waals surface area contributed by atoms with E-state index < -0.39 is 0 Å². The molecule has 5 nitrogen and oxygen atoms in total. The monoisotopic (exact) mass is 196 g/mol. The molecule has 0 fully saturated rings. The fourth-order valence-electron chi connectivity index (χ4n) is 1.01. The number of nitrogens with two attached hydrogens (primary N) is 1. The molecule has 0 aromatic heterocycles. The molecule has 0 spiro atoms. The molecule has 0 heterocycles. The lowest BCUT2D eigenvalue weighted by Crippen LogP contribution is -2.28. The summed E-state index contributed by atoms with van der Waals surface area (Å²) >= 11 is 0. The van der Waals surface area contributed by atoms with Crippen LogP contribution in [0.2, 0.25) is 0 Å². The van der Waals surface area contributed by atoms with Gasteiger partial charge in [0.2, 0.25) is 0 Å². The second-order valence-corrected chi connectivity index (χ2v) is 2.78. The molecule has 0 unspecified atom stereocenters. The fraction of sp³-hybridized carbons (Fsp3) is 0.222. The van der Waals surface area contributed by atoms with Crippen LogP contribution in [0.4, 0.5) is 0 Å². The molecular formula is C9H12N2O3. The predicted octanol–water partition coefficient (Wildman–Crippen LogP) is -0.214. The Morgan fingerprint density at radius 2 is 1.86 bits per heavy atom. The van der Waals surface area contributed by atoms with Crippen LogP contribution >= 0.6 is 0 Å². The fourth-order valence-corrected chi connectivity index (χ4v) is 1.01. The van der Waals surface area contributed by atoms with Crippen LogP contribution in [0.1, 0.15) is 10.4 Å². The van der Waals surface area contributed by atoms with Crippen molar-refractivity contribution >= 4 is 5.91 Å². The number of carbonyl (C=O) groups is 1. The number of hydrogen-bond donors (Lipinski definition) is 4. The van der Waals surface area contributed by atoms with Gasteiger partial charge in [0.1, 0.15) is 11.5 Å². The van der Waals surface area contributed by atoms with Crippen LogP contribution in [-0.2, 0) is 0 Å². The molecule has 1 aromatic carbocycles. The van der Waals surface area contributed by atoms with Gasteiger partial charge in [-0.3, -0.25) is 4.79 Å². The van der Waals surface area contributed by atoms with Crippen molar-refractivity contribution in [1.82, 2.24) is 5.32 Å². The molecule has 0 saturated carbocycles. The third-order valence-electron chi connectivity index (χ3n) is 1.59. The van der Waals surface area contributed by atoms with Gasteiger partial charge in [-0.25, -0.2) is 0 Å². The van der Waals surface area contributed by atoms with Crippen LogP contribution in [0, 0.1) is 0 Å². The van der Waals surface area contributed by atoms with Gasteiger partial charge in [0.15, 0.2) is 0 Å². The Kier molecular flexibility index (Phi) is 3.30. The molecule has 5 N–H and O–H groups in total. The molecule has 14 heavy (non-hydrogen) atoms. The van der Waals surface area contributed by atoms with E-state index in [1.54, 1.807) is 0 Å². The minimum absolute atomic E-state index is 0.150. The molecule has 0 aliphatic heterocycles. The Labute approximate surface area is 81.2 Å². The number of hydrogen-bond acceptors (Lipinski definition) is 4. The number of rotatable bonds is 3. The predicted molar refractivity (Wildman–Crippen MR) is 51.2 cm³/mol. The molecule has 1 aromatic rings. The molecule has 0 atom stereocenters. The lowest BCUT2D eigenvalue weighted by atomic mass is 10.2. The topological polar surface area (TPSA) is 95.6 Å². The van der Waals surface area contributed by atoms with E-state index in [0.29, 0.717) is 13.1 Å². The normalized spacial score (nSPS) is 9.79. The Morgan fingerprint density at radius 3 is 2.36 bits per heavy atom. The summed E-state index contributed by atoms with van der Waals surface area (Å²) in [5.41, 5.74) is 5.41. The first-order chi connectivity index (χ1) is 6.63. The van der Waals surface area contributed by atoms with Gasteiger partial charge in [-0.15, -0.1) is 0 Å². The van der Waals surface area contributed by atoms with E-state index in [2.05, 4.69) is 5.32 Å². The van der Waals surface area contributed by atoms with Crippen molar-refractivity contribution in [3.63, 3.8) is 0 Å². The summed E-state index contributed by atoms with van der Waals surface area (Å²) < 4.78 is 0. The van der Waals surface area contributed by atoms with E-state index in [1.165, 1.54) is 12.1 Å². The van der Waals surface area contributed by atoms with Crippen LogP contribution in [0.25, 0.3) is 0 Å². The maximum atomic E-state index is 11.3. The van der Waals surface area contributed by atoms with Gasteiger partial charge in [-0.1, -0.05) is 0 Å². The largest absolute Gasteiger partial charge is 0.508 e. The van der Waals surface area contributed by atoms with Crippen molar-refractivity contribution in [1.29, 1.82) is 0 Å². The minimum Gasteiger partial charge on any atom is -0.508 e. The Hall–Kier alpha value is -1.75. The SMILES string of the molecule is NCCNC(=O)c1cc(O)cc(O)c1. The van der Waals surface area contributed by atoms with Crippen LogP contribution in [-0.4, -0.2) is 29.2 Å². The highest BCUT2D eigenvalue weighted by Crippen LogP contribution is 2.19. The summed E-state index contributed by atoms with van der Waals surface area (Å²) in [5, 5.41) is 20.7. The second kappa shape index (κ2) is 4.48. The van der Waals surface area contributed by atoms with Crippen molar-refractivity contribution in [2.24, 2.45) is 5.73 Å². The van der Waals surface area contributed by atoms with E-state index in [0.717, 1.165) is 6.07 Å². The Morgan fingerprint density at radius 1 is 1.29 bits per heavy atom. The zero-order valence-corrected chi connectivity index (χ0v) is 7.53. The maximum absolute atomic E-state index is 11.3. The molecule has 1 rings (SSSR count). The van der Waals surface area contributed by atoms with Gasteiger partial charge in [0.05, 0.1) is 0 Å². The lowest BCUT2D eigenvalue weighted by molar-refractivity contribution is 0.0954. The van der Waals surface area contributed by atoms with Crippen LogP contribution < -0.4 is 11.1 Å². The first kappa shape index (κ1) is 10.3. The quantitative estimate of drug-likeness (QED) is 0.537. The highest BCUT2D eigenvalue weighted by Gasteiger charge is 2.06. The third-order valence-corrected chi connectivity index (χ3v) is 1.59. The summed E-state index contributed by atoms with van der Waals surface area (Å²) in [6, 6.07) is 3.69. The van der Waals surface area contributed by atoms with Gasteiger partial charge in [-0.2, -0.15) is 0 Å². The van der Waals surface area contributed by atoms with Gasteiger partial charge in [0.25, 0.3) is 5.91 Å². The number of aromatic hydroxyl groups is 2. The van der Waals surface area contributed by atoms with Crippen LogP contribution in [0.3, 0.4) is 0 Å². The summed E-state index contributed by atoms with van der Waals surface area (Å²) in [6.45, 7) is 0.700. The minimum atomic E-state index is -0.373. The van der Waals surface area contributed by atoms with E-state index in [-0.39, 0.29) is 23.0 Å². The van der Waals surface area contributed by atoms with Crippen molar-refractivity contribution in [2.45, 2.75) is 0 Å². The average Bonchev–Trinajstić information content (AvgIpc) is 2.12. The number of phenols is 2. The van der Waals surface area contributed by atoms with Crippen molar-refractivity contribution in [3.8, 4) is 11.5 Å². The average molecular weight is 196 g/mol. The summed E-state index contributed by atoms with van der Waals surface area (Å²) in [7, 11) is 0. The zero-order valence-electron chi connectivity index (χ0n) is 7.53. The molecule has 76 valence electrons. The second-order valence-electron chi connectivity index (χ2n) is 2.78. The van der Waals surface area contributed by atoms with Gasteiger partial charge >= 0.3 is 0 Å².